The number of methoxy groups -OCH3 is 1. The third-order valence-corrected chi connectivity index (χ3v) is 8.90. The van der Waals surface area contributed by atoms with Gasteiger partial charge in [0, 0.05) is 18.9 Å². The lowest BCUT2D eigenvalue weighted by molar-refractivity contribution is -0.140. The molecular weight excluding hydrogens is 284 g/mol. The van der Waals surface area contributed by atoms with E-state index in [2.05, 4.69) is 38.6 Å². The molecule has 4 nitrogen and oxygen atoms in total. The molecule has 0 aromatic heterocycles. The van der Waals surface area contributed by atoms with Gasteiger partial charge in [0.2, 0.25) is 0 Å². The van der Waals surface area contributed by atoms with Crippen LogP contribution in [0, 0.1) is 5.92 Å². The fraction of sp³-hybridized carbons (Fsp3) is 0.875. The molecule has 0 spiro atoms. The quantitative estimate of drug-likeness (QED) is 0.265. The van der Waals surface area contributed by atoms with E-state index in [0.29, 0.717) is 12.8 Å². The van der Waals surface area contributed by atoms with Crippen LogP contribution in [0.15, 0.2) is 0 Å². The van der Waals surface area contributed by atoms with Gasteiger partial charge in [-0.15, -0.1) is 0 Å². The van der Waals surface area contributed by atoms with E-state index in [-0.39, 0.29) is 16.9 Å². The number of hydrogen-bond acceptors (Lipinski definition) is 4. The molecule has 0 aliphatic carbocycles. The van der Waals surface area contributed by atoms with Crippen molar-refractivity contribution in [1.82, 2.24) is 0 Å². The molecule has 0 saturated carbocycles. The van der Waals surface area contributed by atoms with Crippen molar-refractivity contribution in [1.29, 1.82) is 0 Å². The highest BCUT2D eigenvalue weighted by molar-refractivity contribution is 6.74. The van der Waals surface area contributed by atoms with Gasteiger partial charge in [-0.2, -0.15) is 0 Å². The zero-order chi connectivity index (χ0) is 16.5. The average molecular weight is 317 g/mol. The van der Waals surface area contributed by atoms with E-state index in [1.165, 1.54) is 7.11 Å². The highest BCUT2D eigenvalue weighted by atomic mass is 28.4. The number of carbonyl (C=O) groups is 2. The Labute approximate surface area is 130 Å². The summed E-state index contributed by atoms with van der Waals surface area (Å²) in [6.07, 6.45) is 4.58. The second-order valence-corrected chi connectivity index (χ2v) is 11.9. The lowest BCUT2D eigenvalue weighted by Gasteiger charge is -2.36. The number of ether oxygens (including phenoxy) is 1. The van der Waals surface area contributed by atoms with Crippen LogP contribution in [0.4, 0.5) is 0 Å². The van der Waals surface area contributed by atoms with E-state index in [1.807, 2.05) is 0 Å². The van der Waals surface area contributed by atoms with E-state index >= 15 is 0 Å². The molecule has 0 heterocycles. The predicted molar refractivity (Wildman–Crippen MR) is 87.8 cm³/mol. The fourth-order valence-electron chi connectivity index (χ4n) is 1.78. The fourth-order valence-corrected chi connectivity index (χ4v) is 2.87. The number of esters is 1. The average Bonchev–Trinajstić information content (AvgIpc) is 2.39. The third-order valence-electron chi connectivity index (χ3n) is 4.36. The van der Waals surface area contributed by atoms with Crippen LogP contribution in [0.2, 0.25) is 18.1 Å². The zero-order valence-electron chi connectivity index (χ0n) is 14.5. The van der Waals surface area contributed by atoms with Gasteiger partial charge >= 0.3 is 5.97 Å². The highest BCUT2D eigenvalue weighted by Crippen LogP contribution is 2.36. The minimum atomic E-state index is -1.68. The number of aldehydes is 1. The first-order valence-electron chi connectivity index (χ1n) is 7.80. The van der Waals surface area contributed by atoms with Crippen LogP contribution < -0.4 is 0 Å². The molecule has 21 heavy (non-hydrogen) atoms. The molecule has 0 rings (SSSR count). The Kier molecular flexibility index (Phi) is 9.05. The van der Waals surface area contributed by atoms with Crippen molar-refractivity contribution in [2.75, 3.05) is 13.7 Å². The van der Waals surface area contributed by atoms with E-state index in [1.54, 1.807) is 0 Å². The maximum Gasteiger partial charge on any atom is 0.305 e. The second-order valence-electron chi connectivity index (χ2n) is 7.12. The van der Waals surface area contributed by atoms with Crippen LogP contribution in [0.25, 0.3) is 0 Å². The van der Waals surface area contributed by atoms with Crippen molar-refractivity contribution >= 4 is 20.6 Å². The summed E-state index contributed by atoms with van der Waals surface area (Å²) in [6.45, 7) is 11.9. The molecule has 0 N–H and O–H groups in total. The smallest absolute Gasteiger partial charge is 0.305 e. The van der Waals surface area contributed by atoms with Crippen molar-refractivity contribution in [3.05, 3.63) is 0 Å². The zero-order valence-corrected chi connectivity index (χ0v) is 15.5. The van der Waals surface area contributed by atoms with Gasteiger partial charge < -0.3 is 14.0 Å². The van der Waals surface area contributed by atoms with Crippen molar-refractivity contribution in [2.24, 2.45) is 5.92 Å². The molecule has 124 valence electrons. The first kappa shape index (κ1) is 20.3. The second kappa shape index (κ2) is 9.36. The number of hydrogen-bond donors (Lipinski definition) is 0. The molecule has 0 aromatic carbocycles. The Morgan fingerprint density at radius 3 is 2.24 bits per heavy atom. The Bertz CT molecular complexity index is 321. The lowest BCUT2D eigenvalue weighted by Crippen LogP contribution is -2.41. The Morgan fingerprint density at radius 2 is 1.76 bits per heavy atom. The maximum absolute atomic E-state index is 11.1. The highest BCUT2D eigenvalue weighted by Gasteiger charge is 2.36. The maximum atomic E-state index is 11.1. The molecule has 5 heteroatoms. The summed E-state index contributed by atoms with van der Waals surface area (Å²) in [7, 11) is -0.295. The van der Waals surface area contributed by atoms with Crippen LogP contribution >= 0.6 is 0 Å². The number of rotatable bonds is 10. The topological polar surface area (TPSA) is 52.6 Å². The first-order valence-corrected chi connectivity index (χ1v) is 10.7. The predicted octanol–water partition coefficient (Wildman–Crippen LogP) is 3.95. The molecule has 0 bridgehead atoms. The minimum Gasteiger partial charge on any atom is -0.469 e. The van der Waals surface area contributed by atoms with E-state index in [4.69, 9.17) is 4.43 Å². The standard InChI is InChI=1S/C16H32O4Si/c1-16(2,3)21(5,6)20-12-8-10-14(13-17)9-7-11-15(18)19-4/h13-14H,7-12H2,1-6H3/t14-/m0/s1. The summed E-state index contributed by atoms with van der Waals surface area (Å²) in [6, 6.07) is 0. The summed E-state index contributed by atoms with van der Waals surface area (Å²) < 4.78 is 10.7. The number of carbonyl (C=O) groups excluding carboxylic acids is 2. The first-order chi connectivity index (χ1) is 9.64. The van der Waals surface area contributed by atoms with Gasteiger partial charge in [-0.3, -0.25) is 4.79 Å². The van der Waals surface area contributed by atoms with Crippen molar-refractivity contribution in [3.8, 4) is 0 Å². The van der Waals surface area contributed by atoms with Crippen LogP contribution in [0.1, 0.15) is 52.9 Å². The molecular formula is C16H32O4Si. The third kappa shape index (κ3) is 8.36. The molecule has 0 amide bonds. The summed E-state index contributed by atoms with van der Waals surface area (Å²) in [5, 5.41) is 0.220. The SMILES string of the molecule is COC(=O)CCC[C@H](C=O)CCCO[Si](C)(C)C(C)(C)C. The van der Waals surface area contributed by atoms with Gasteiger partial charge in [-0.25, -0.2) is 0 Å². The Morgan fingerprint density at radius 1 is 1.19 bits per heavy atom. The van der Waals surface area contributed by atoms with Crippen molar-refractivity contribution in [2.45, 2.75) is 71.0 Å². The minimum absolute atomic E-state index is 0.0256. The van der Waals surface area contributed by atoms with Crippen molar-refractivity contribution < 1.29 is 18.8 Å². The molecule has 0 radical (unpaired) electrons. The van der Waals surface area contributed by atoms with Gasteiger partial charge in [0.05, 0.1) is 7.11 Å². The van der Waals surface area contributed by atoms with E-state index in [0.717, 1.165) is 32.2 Å². The Hall–Kier alpha value is -0.683. The monoisotopic (exact) mass is 316 g/mol. The molecule has 0 aromatic rings. The molecule has 0 aliphatic heterocycles. The summed E-state index contributed by atoms with van der Waals surface area (Å²) in [5.41, 5.74) is 0. The molecule has 1 atom stereocenters. The molecule has 0 aliphatic rings. The van der Waals surface area contributed by atoms with Gasteiger partial charge in [0.15, 0.2) is 8.32 Å². The Balaban J connectivity index is 3.92. The van der Waals surface area contributed by atoms with Crippen LogP contribution in [0.3, 0.4) is 0 Å². The van der Waals surface area contributed by atoms with E-state index in [9.17, 15) is 9.59 Å². The largest absolute Gasteiger partial charge is 0.469 e. The summed E-state index contributed by atoms with van der Waals surface area (Å²) in [5.74, 6) is -0.182. The van der Waals surface area contributed by atoms with Crippen LogP contribution in [0.5, 0.6) is 0 Å². The molecule has 0 fully saturated rings. The molecule has 0 saturated heterocycles. The van der Waals surface area contributed by atoms with Crippen LogP contribution in [-0.2, 0) is 18.8 Å². The van der Waals surface area contributed by atoms with Gasteiger partial charge in [-0.05, 0) is 43.8 Å². The summed E-state index contributed by atoms with van der Waals surface area (Å²) in [4.78, 5) is 22.1. The normalized spacial score (nSPS) is 13.8. The van der Waals surface area contributed by atoms with E-state index < -0.39 is 8.32 Å². The van der Waals surface area contributed by atoms with Gasteiger partial charge in [-0.1, -0.05) is 20.8 Å². The lowest BCUT2D eigenvalue weighted by atomic mass is 9.98. The van der Waals surface area contributed by atoms with Crippen LogP contribution in [-0.4, -0.2) is 34.3 Å². The van der Waals surface area contributed by atoms with Gasteiger partial charge in [0.1, 0.15) is 6.29 Å². The summed E-state index contributed by atoms with van der Waals surface area (Å²) >= 11 is 0. The van der Waals surface area contributed by atoms with Gasteiger partial charge in [0.25, 0.3) is 0 Å². The molecule has 0 unspecified atom stereocenters. The van der Waals surface area contributed by atoms with Crippen molar-refractivity contribution in [3.63, 3.8) is 0 Å².